The number of aliphatic hydroxyl groups excluding tert-OH is 1. The van der Waals surface area contributed by atoms with Crippen LogP contribution in [0, 0.1) is 0 Å². The Hall–Kier alpha value is -1.35. The smallest absolute Gasteiger partial charge is 0.303 e. The number of aliphatic hydroxyl groups is 1. The van der Waals surface area contributed by atoms with Gasteiger partial charge in [0.1, 0.15) is 5.60 Å². The predicted molar refractivity (Wildman–Crippen MR) is 55.0 cm³/mol. The molecule has 0 aliphatic heterocycles. The van der Waals surface area contributed by atoms with Crippen LogP contribution in [0.5, 0.6) is 0 Å². The van der Waals surface area contributed by atoms with Gasteiger partial charge in [0.25, 0.3) is 0 Å². The van der Waals surface area contributed by atoms with Gasteiger partial charge in [-0.15, -0.1) is 0 Å². The molecular formula is C12H14O3. The van der Waals surface area contributed by atoms with Crippen LogP contribution in [0.25, 0.3) is 0 Å². The number of esters is 1. The monoisotopic (exact) mass is 206 g/mol. The molecule has 0 saturated heterocycles. The average Bonchev–Trinajstić information content (AvgIpc) is 2.98. The molecule has 0 radical (unpaired) electrons. The van der Waals surface area contributed by atoms with Crippen LogP contribution in [0.2, 0.25) is 0 Å². The topological polar surface area (TPSA) is 46.5 Å². The molecule has 1 aromatic rings. The van der Waals surface area contributed by atoms with Crippen LogP contribution in [-0.2, 0) is 21.7 Å². The average molecular weight is 206 g/mol. The summed E-state index contributed by atoms with van der Waals surface area (Å²) in [7, 11) is 0. The molecule has 1 aliphatic carbocycles. The first-order valence-corrected chi connectivity index (χ1v) is 5.06. The summed E-state index contributed by atoms with van der Waals surface area (Å²) >= 11 is 0. The first-order chi connectivity index (χ1) is 7.16. The molecule has 2 rings (SSSR count). The van der Waals surface area contributed by atoms with Crippen molar-refractivity contribution in [1.29, 1.82) is 0 Å². The first kappa shape index (κ1) is 10.2. The Balaban J connectivity index is 2.25. The third kappa shape index (κ3) is 2.02. The highest BCUT2D eigenvalue weighted by atomic mass is 16.6. The van der Waals surface area contributed by atoms with E-state index in [4.69, 9.17) is 9.84 Å². The summed E-state index contributed by atoms with van der Waals surface area (Å²) in [4.78, 5) is 11.0. The second-order valence-corrected chi connectivity index (χ2v) is 3.95. The number of ether oxygens (including phenoxy) is 1. The molecule has 0 heterocycles. The van der Waals surface area contributed by atoms with Crippen LogP contribution in [0.4, 0.5) is 0 Å². The minimum atomic E-state index is -0.406. The Bertz CT molecular complexity index is 380. The van der Waals surface area contributed by atoms with E-state index in [1.807, 2.05) is 24.3 Å². The summed E-state index contributed by atoms with van der Waals surface area (Å²) in [5, 5.41) is 9.02. The fourth-order valence-electron chi connectivity index (χ4n) is 1.79. The Kier molecular flexibility index (Phi) is 2.49. The van der Waals surface area contributed by atoms with E-state index >= 15 is 0 Å². The summed E-state index contributed by atoms with van der Waals surface area (Å²) in [6.45, 7) is 1.44. The number of hydrogen-bond acceptors (Lipinski definition) is 3. The zero-order chi connectivity index (χ0) is 10.9. The summed E-state index contributed by atoms with van der Waals surface area (Å²) < 4.78 is 5.31. The minimum absolute atomic E-state index is 0.0178. The standard InChI is InChI=1S/C12H14O3/c1-9(14)15-12(5-6-12)11-4-2-3-10(7-11)8-13/h2-4,7,13H,5-6,8H2,1H3. The number of hydrogen-bond donors (Lipinski definition) is 1. The van der Waals surface area contributed by atoms with Crippen molar-refractivity contribution < 1.29 is 14.6 Å². The molecule has 3 nitrogen and oxygen atoms in total. The van der Waals surface area contributed by atoms with Gasteiger partial charge in [0, 0.05) is 6.92 Å². The van der Waals surface area contributed by atoms with Crippen LogP contribution in [0.3, 0.4) is 0 Å². The third-order valence-corrected chi connectivity index (χ3v) is 2.68. The van der Waals surface area contributed by atoms with Gasteiger partial charge in [0.15, 0.2) is 0 Å². The van der Waals surface area contributed by atoms with Crippen molar-refractivity contribution in [2.24, 2.45) is 0 Å². The zero-order valence-electron chi connectivity index (χ0n) is 8.69. The van der Waals surface area contributed by atoms with Crippen molar-refractivity contribution in [3.63, 3.8) is 0 Å². The van der Waals surface area contributed by atoms with E-state index in [0.29, 0.717) is 0 Å². The lowest BCUT2D eigenvalue weighted by molar-refractivity contribution is -0.149. The highest BCUT2D eigenvalue weighted by molar-refractivity contribution is 5.67. The Morgan fingerprint density at radius 1 is 1.53 bits per heavy atom. The van der Waals surface area contributed by atoms with Crippen LogP contribution >= 0.6 is 0 Å². The van der Waals surface area contributed by atoms with Gasteiger partial charge in [-0.25, -0.2) is 0 Å². The molecular weight excluding hydrogens is 192 g/mol. The van der Waals surface area contributed by atoms with Crippen molar-refractivity contribution >= 4 is 5.97 Å². The van der Waals surface area contributed by atoms with Crippen LogP contribution in [0.1, 0.15) is 30.9 Å². The molecule has 1 fully saturated rings. The highest BCUT2D eigenvalue weighted by Crippen LogP contribution is 2.49. The number of carbonyl (C=O) groups excluding carboxylic acids is 1. The molecule has 1 aromatic carbocycles. The van der Waals surface area contributed by atoms with Crippen molar-refractivity contribution in [1.82, 2.24) is 0 Å². The molecule has 0 amide bonds. The van der Waals surface area contributed by atoms with Gasteiger partial charge < -0.3 is 9.84 Å². The van der Waals surface area contributed by atoms with Crippen LogP contribution in [0.15, 0.2) is 24.3 Å². The molecule has 0 bridgehead atoms. The number of carbonyl (C=O) groups is 1. The molecule has 1 saturated carbocycles. The molecule has 3 heteroatoms. The fraction of sp³-hybridized carbons (Fsp3) is 0.417. The summed E-state index contributed by atoms with van der Waals surface area (Å²) in [6.07, 6.45) is 1.75. The number of rotatable bonds is 3. The van der Waals surface area contributed by atoms with Gasteiger partial charge in [-0.05, 0) is 30.0 Å². The molecule has 15 heavy (non-hydrogen) atoms. The number of benzene rings is 1. The SMILES string of the molecule is CC(=O)OC1(c2cccc(CO)c2)CC1. The summed E-state index contributed by atoms with van der Waals surface area (Å²) in [5.74, 6) is -0.248. The van der Waals surface area contributed by atoms with Crippen molar-refractivity contribution in [2.45, 2.75) is 32.0 Å². The maximum Gasteiger partial charge on any atom is 0.303 e. The second-order valence-electron chi connectivity index (χ2n) is 3.95. The van der Waals surface area contributed by atoms with E-state index in [1.165, 1.54) is 6.92 Å². The maximum atomic E-state index is 11.0. The minimum Gasteiger partial charge on any atom is -0.454 e. The molecule has 1 N–H and O–H groups in total. The van der Waals surface area contributed by atoms with E-state index in [-0.39, 0.29) is 12.6 Å². The van der Waals surface area contributed by atoms with Crippen molar-refractivity contribution in [2.75, 3.05) is 0 Å². The zero-order valence-corrected chi connectivity index (χ0v) is 8.69. The molecule has 0 aromatic heterocycles. The van der Waals surface area contributed by atoms with Gasteiger partial charge in [0.05, 0.1) is 6.61 Å². The largest absolute Gasteiger partial charge is 0.454 e. The first-order valence-electron chi connectivity index (χ1n) is 5.06. The van der Waals surface area contributed by atoms with Crippen LogP contribution < -0.4 is 0 Å². The van der Waals surface area contributed by atoms with E-state index in [2.05, 4.69) is 0 Å². The van der Waals surface area contributed by atoms with Gasteiger partial charge in [0.2, 0.25) is 0 Å². The van der Waals surface area contributed by atoms with E-state index in [9.17, 15) is 4.79 Å². The quantitative estimate of drug-likeness (QED) is 0.766. The summed E-state index contributed by atoms with van der Waals surface area (Å²) in [6, 6.07) is 7.57. The lowest BCUT2D eigenvalue weighted by atomic mass is 10.0. The second kappa shape index (κ2) is 3.66. The molecule has 0 spiro atoms. The summed E-state index contributed by atoms with van der Waals surface area (Å²) in [5.41, 5.74) is 1.44. The van der Waals surface area contributed by atoms with Gasteiger partial charge in [-0.2, -0.15) is 0 Å². The molecule has 80 valence electrons. The van der Waals surface area contributed by atoms with E-state index < -0.39 is 5.60 Å². The van der Waals surface area contributed by atoms with E-state index in [1.54, 1.807) is 0 Å². The maximum absolute atomic E-state index is 11.0. The van der Waals surface area contributed by atoms with Crippen LogP contribution in [-0.4, -0.2) is 11.1 Å². The molecule has 1 aliphatic rings. The predicted octanol–water partition coefficient (Wildman–Crippen LogP) is 1.73. The highest BCUT2D eigenvalue weighted by Gasteiger charge is 2.48. The van der Waals surface area contributed by atoms with Crippen molar-refractivity contribution in [3.05, 3.63) is 35.4 Å². The van der Waals surface area contributed by atoms with Gasteiger partial charge in [-0.3, -0.25) is 4.79 Å². The molecule has 0 atom stereocenters. The molecule has 0 unspecified atom stereocenters. The Morgan fingerprint density at radius 3 is 2.80 bits per heavy atom. The lowest BCUT2D eigenvalue weighted by Gasteiger charge is -2.16. The normalized spacial score (nSPS) is 17.2. The third-order valence-electron chi connectivity index (χ3n) is 2.68. The lowest BCUT2D eigenvalue weighted by Crippen LogP contribution is -2.15. The van der Waals surface area contributed by atoms with Crippen molar-refractivity contribution in [3.8, 4) is 0 Å². The van der Waals surface area contributed by atoms with Gasteiger partial charge >= 0.3 is 5.97 Å². The Morgan fingerprint density at radius 2 is 2.27 bits per heavy atom. The van der Waals surface area contributed by atoms with Gasteiger partial charge in [-0.1, -0.05) is 18.2 Å². The fourth-order valence-corrected chi connectivity index (χ4v) is 1.79. The van der Waals surface area contributed by atoms with E-state index in [0.717, 1.165) is 24.0 Å². The Labute approximate surface area is 88.7 Å².